The number of amides is 3. The molecule has 10 heteroatoms. The molecule has 0 atom stereocenters. The van der Waals surface area contributed by atoms with E-state index in [0.29, 0.717) is 5.76 Å². The third-order valence-corrected chi connectivity index (χ3v) is 2.89. The zero-order valence-electron chi connectivity index (χ0n) is 13.2. The number of urea groups is 1. The number of furan rings is 1. The lowest BCUT2D eigenvalue weighted by Gasteiger charge is -2.08. The van der Waals surface area contributed by atoms with Crippen LogP contribution >= 0.6 is 0 Å². The van der Waals surface area contributed by atoms with E-state index in [0.717, 1.165) is 6.07 Å². The molecule has 0 saturated heterocycles. The molecule has 0 bridgehead atoms. The van der Waals surface area contributed by atoms with E-state index in [-0.39, 0.29) is 17.9 Å². The molecule has 2 rings (SSSR count). The fourth-order valence-electron chi connectivity index (χ4n) is 1.80. The van der Waals surface area contributed by atoms with Gasteiger partial charge in [0.15, 0.2) is 6.61 Å². The number of esters is 1. The Kier molecular flexibility index (Phi) is 6.66. The lowest BCUT2D eigenvalue weighted by Crippen LogP contribution is -2.41. The van der Waals surface area contributed by atoms with Gasteiger partial charge in [-0.05, 0) is 30.3 Å². The molecule has 0 aliphatic carbocycles. The number of rotatable bonds is 7. The van der Waals surface area contributed by atoms with E-state index in [1.807, 2.05) is 5.32 Å². The summed E-state index contributed by atoms with van der Waals surface area (Å²) in [7, 11) is 0. The van der Waals surface area contributed by atoms with Crippen molar-refractivity contribution in [3.8, 4) is 5.75 Å². The summed E-state index contributed by atoms with van der Waals surface area (Å²) in [5, 5.41) is 4.32. The predicted molar refractivity (Wildman–Crippen MR) is 82.4 cm³/mol. The molecule has 0 saturated carbocycles. The van der Waals surface area contributed by atoms with Crippen LogP contribution in [0.2, 0.25) is 0 Å². The third kappa shape index (κ3) is 6.23. The number of hydrogen-bond acceptors (Lipinski definition) is 6. The van der Waals surface area contributed by atoms with E-state index >= 15 is 0 Å². The number of hydrogen-bond donors (Lipinski definition) is 2. The van der Waals surface area contributed by atoms with E-state index < -0.39 is 31.1 Å². The molecule has 3 amide bonds. The van der Waals surface area contributed by atoms with E-state index in [1.165, 1.54) is 24.5 Å². The predicted octanol–water partition coefficient (Wildman–Crippen LogP) is 2.06. The summed E-state index contributed by atoms with van der Waals surface area (Å²) in [6.07, 6.45) is 1.43. The number of carbonyl (C=O) groups excluding carboxylic acids is 3. The standard InChI is InChI=1S/C16H14F2N2O6/c17-15(18)26-11-4-1-3-10(7-11)14(22)25-9-13(21)20-16(23)19-8-12-5-2-6-24-12/h1-7,15H,8-9H2,(H2,19,20,21,23). The van der Waals surface area contributed by atoms with Gasteiger partial charge in [0.05, 0.1) is 18.4 Å². The summed E-state index contributed by atoms with van der Waals surface area (Å²) >= 11 is 0. The molecule has 0 aliphatic heterocycles. The van der Waals surface area contributed by atoms with Gasteiger partial charge in [0.25, 0.3) is 5.91 Å². The van der Waals surface area contributed by atoms with E-state index in [9.17, 15) is 23.2 Å². The summed E-state index contributed by atoms with van der Waals surface area (Å²) in [6, 6.07) is 7.37. The number of carbonyl (C=O) groups is 3. The number of nitrogens with one attached hydrogen (secondary N) is 2. The van der Waals surface area contributed by atoms with Gasteiger partial charge >= 0.3 is 18.6 Å². The highest BCUT2D eigenvalue weighted by Gasteiger charge is 2.14. The van der Waals surface area contributed by atoms with Crippen LogP contribution in [0.3, 0.4) is 0 Å². The molecule has 1 aromatic carbocycles. The van der Waals surface area contributed by atoms with Crippen LogP contribution in [0, 0.1) is 0 Å². The molecule has 0 unspecified atom stereocenters. The van der Waals surface area contributed by atoms with Gasteiger partial charge in [0.2, 0.25) is 0 Å². The number of imide groups is 1. The first kappa shape index (κ1) is 18.9. The largest absolute Gasteiger partial charge is 0.467 e. The Morgan fingerprint density at radius 3 is 2.65 bits per heavy atom. The van der Waals surface area contributed by atoms with Gasteiger partial charge in [-0.1, -0.05) is 6.07 Å². The van der Waals surface area contributed by atoms with Crippen molar-refractivity contribution in [1.82, 2.24) is 10.6 Å². The first-order chi connectivity index (χ1) is 12.4. The van der Waals surface area contributed by atoms with Crippen LogP contribution in [-0.4, -0.2) is 31.1 Å². The minimum Gasteiger partial charge on any atom is -0.467 e. The zero-order valence-corrected chi connectivity index (χ0v) is 13.2. The molecular weight excluding hydrogens is 354 g/mol. The second-order valence-electron chi connectivity index (χ2n) is 4.79. The number of alkyl halides is 2. The number of halogens is 2. The average Bonchev–Trinajstić information content (AvgIpc) is 3.11. The van der Waals surface area contributed by atoms with Crippen LogP contribution in [0.4, 0.5) is 13.6 Å². The van der Waals surface area contributed by atoms with Crippen LogP contribution in [0.5, 0.6) is 5.75 Å². The summed E-state index contributed by atoms with van der Waals surface area (Å²) in [6.45, 7) is -3.69. The van der Waals surface area contributed by atoms with Crippen molar-refractivity contribution in [1.29, 1.82) is 0 Å². The van der Waals surface area contributed by atoms with Crippen molar-refractivity contribution in [3.05, 3.63) is 54.0 Å². The quantitative estimate of drug-likeness (QED) is 0.725. The maximum absolute atomic E-state index is 12.1. The number of benzene rings is 1. The monoisotopic (exact) mass is 368 g/mol. The number of ether oxygens (including phenoxy) is 2. The maximum Gasteiger partial charge on any atom is 0.387 e. The van der Waals surface area contributed by atoms with Gasteiger partial charge in [-0.25, -0.2) is 9.59 Å². The Bertz CT molecular complexity index is 764. The molecule has 8 nitrogen and oxygen atoms in total. The summed E-state index contributed by atoms with van der Waals surface area (Å²) in [4.78, 5) is 34.9. The zero-order chi connectivity index (χ0) is 18.9. The first-order valence-electron chi connectivity index (χ1n) is 7.26. The van der Waals surface area contributed by atoms with Gasteiger partial charge in [-0.2, -0.15) is 8.78 Å². The first-order valence-corrected chi connectivity index (χ1v) is 7.26. The summed E-state index contributed by atoms with van der Waals surface area (Å²) in [5.74, 6) is -1.53. The highest BCUT2D eigenvalue weighted by Crippen LogP contribution is 2.16. The molecule has 2 aromatic rings. The molecular formula is C16H14F2N2O6. The smallest absolute Gasteiger partial charge is 0.387 e. The highest BCUT2D eigenvalue weighted by molar-refractivity contribution is 5.97. The lowest BCUT2D eigenvalue weighted by molar-refractivity contribution is -0.123. The van der Waals surface area contributed by atoms with Crippen molar-refractivity contribution >= 4 is 17.9 Å². The Balaban J connectivity index is 1.75. The van der Waals surface area contributed by atoms with Gasteiger partial charge in [-0.3, -0.25) is 10.1 Å². The molecule has 0 radical (unpaired) electrons. The lowest BCUT2D eigenvalue weighted by atomic mass is 10.2. The van der Waals surface area contributed by atoms with Gasteiger partial charge in [-0.15, -0.1) is 0 Å². The van der Waals surface area contributed by atoms with E-state index in [1.54, 1.807) is 12.1 Å². The molecule has 138 valence electrons. The Hall–Kier alpha value is -3.43. The molecule has 1 heterocycles. The Morgan fingerprint density at radius 2 is 1.96 bits per heavy atom. The van der Waals surface area contributed by atoms with Gasteiger partial charge in [0, 0.05) is 0 Å². The topological polar surface area (TPSA) is 107 Å². The second kappa shape index (κ2) is 9.16. The highest BCUT2D eigenvalue weighted by atomic mass is 19.3. The third-order valence-electron chi connectivity index (χ3n) is 2.89. The second-order valence-corrected chi connectivity index (χ2v) is 4.79. The van der Waals surface area contributed by atoms with Crippen LogP contribution in [0.1, 0.15) is 16.1 Å². The van der Waals surface area contributed by atoms with Crippen molar-refractivity contribution in [2.24, 2.45) is 0 Å². The molecule has 0 spiro atoms. The van der Waals surface area contributed by atoms with Crippen molar-refractivity contribution in [3.63, 3.8) is 0 Å². The molecule has 1 aromatic heterocycles. The minimum atomic E-state index is -3.04. The van der Waals surface area contributed by atoms with Crippen molar-refractivity contribution in [2.75, 3.05) is 6.61 Å². The summed E-state index contributed by atoms with van der Waals surface area (Å²) in [5.41, 5.74) is -0.0850. The maximum atomic E-state index is 12.1. The normalized spacial score (nSPS) is 10.3. The SMILES string of the molecule is O=C(COC(=O)c1cccc(OC(F)F)c1)NC(=O)NCc1ccco1. The fourth-order valence-corrected chi connectivity index (χ4v) is 1.80. The van der Waals surface area contributed by atoms with E-state index in [4.69, 9.17) is 9.15 Å². The Labute approximate surface area is 146 Å². The minimum absolute atomic E-state index is 0.0723. The van der Waals surface area contributed by atoms with E-state index in [2.05, 4.69) is 10.1 Å². The molecule has 26 heavy (non-hydrogen) atoms. The molecule has 2 N–H and O–H groups in total. The average molecular weight is 368 g/mol. The Morgan fingerprint density at radius 1 is 1.15 bits per heavy atom. The van der Waals surface area contributed by atoms with Crippen LogP contribution in [0.15, 0.2) is 47.1 Å². The van der Waals surface area contributed by atoms with Crippen LogP contribution in [0.25, 0.3) is 0 Å². The van der Waals surface area contributed by atoms with Crippen LogP contribution < -0.4 is 15.4 Å². The van der Waals surface area contributed by atoms with Gasteiger partial charge in [0.1, 0.15) is 11.5 Å². The summed E-state index contributed by atoms with van der Waals surface area (Å²) < 4.78 is 38.2. The van der Waals surface area contributed by atoms with Crippen molar-refractivity contribution in [2.45, 2.75) is 13.2 Å². The van der Waals surface area contributed by atoms with Gasteiger partial charge < -0.3 is 19.2 Å². The van der Waals surface area contributed by atoms with Crippen molar-refractivity contribution < 1.29 is 37.1 Å². The van der Waals surface area contributed by atoms with Crippen LogP contribution in [-0.2, 0) is 16.1 Å². The molecule has 0 aliphatic rings. The fraction of sp³-hybridized carbons (Fsp3) is 0.188. The molecule has 0 fully saturated rings.